The first-order valence-electron chi connectivity index (χ1n) is 10.0. The summed E-state index contributed by atoms with van der Waals surface area (Å²) in [5.41, 5.74) is 2.07. The van der Waals surface area contributed by atoms with Gasteiger partial charge in [-0.15, -0.1) is 0 Å². The summed E-state index contributed by atoms with van der Waals surface area (Å²) in [7, 11) is -1.18. The molecule has 0 saturated carbocycles. The monoisotopic (exact) mass is 471 g/mol. The van der Waals surface area contributed by atoms with Crippen LogP contribution in [0.5, 0.6) is 0 Å². The number of ketones is 1. The number of Topliss-reactive ketones (excluding diaryl/α,β-unsaturated/α-hetero) is 1. The van der Waals surface area contributed by atoms with Crippen LogP contribution in [0.25, 0.3) is 0 Å². The first-order chi connectivity index (χ1) is 15.1. The van der Waals surface area contributed by atoms with E-state index in [1.165, 1.54) is 53.6 Å². The van der Waals surface area contributed by atoms with Crippen molar-refractivity contribution in [2.24, 2.45) is 0 Å². The van der Waals surface area contributed by atoms with Crippen LogP contribution in [0.3, 0.4) is 0 Å². The van der Waals surface area contributed by atoms with E-state index < -0.39 is 46.5 Å². The molecule has 32 heavy (non-hydrogen) atoms. The Morgan fingerprint density at radius 2 is 1.81 bits per heavy atom. The number of benzene rings is 1. The summed E-state index contributed by atoms with van der Waals surface area (Å²) in [6.45, 7) is -0.741. The predicted molar refractivity (Wildman–Crippen MR) is 110 cm³/mol. The maximum atomic E-state index is 13.3. The van der Waals surface area contributed by atoms with E-state index in [1.54, 1.807) is 0 Å². The number of urea groups is 1. The lowest BCUT2D eigenvalue weighted by Gasteiger charge is -2.42. The average molecular weight is 472 g/mol. The molecule has 11 nitrogen and oxygen atoms in total. The number of piperazine rings is 1. The Hall–Kier alpha value is -2.61. The van der Waals surface area contributed by atoms with Crippen molar-refractivity contribution in [3.8, 4) is 0 Å². The summed E-state index contributed by atoms with van der Waals surface area (Å²) in [5, 5.41) is 9.11. The zero-order chi connectivity index (χ0) is 23.6. The molecular formula is C19H26FN5O6S. The number of piperidine rings is 1. The van der Waals surface area contributed by atoms with Gasteiger partial charge in [-0.1, -0.05) is 12.1 Å². The molecule has 2 aliphatic rings. The third-order valence-electron chi connectivity index (χ3n) is 5.68. The quantitative estimate of drug-likeness (QED) is 0.454. The summed E-state index contributed by atoms with van der Waals surface area (Å²) in [5.74, 6) is -2.29. The van der Waals surface area contributed by atoms with E-state index in [-0.39, 0.29) is 38.4 Å². The third-order valence-corrected chi connectivity index (χ3v) is 7.67. The second kappa shape index (κ2) is 9.48. The Labute approximate surface area is 185 Å². The van der Waals surface area contributed by atoms with E-state index in [4.69, 9.17) is 5.21 Å². The molecule has 3 amide bonds. The molecule has 176 valence electrons. The number of rotatable bonds is 4. The Kier molecular flexibility index (Phi) is 7.12. The van der Waals surface area contributed by atoms with Gasteiger partial charge in [-0.05, 0) is 24.1 Å². The zero-order valence-electron chi connectivity index (χ0n) is 17.8. The summed E-state index contributed by atoms with van der Waals surface area (Å²) in [4.78, 5) is 39.8. The predicted octanol–water partition coefficient (Wildman–Crippen LogP) is -0.398. The van der Waals surface area contributed by atoms with Crippen LogP contribution in [-0.2, 0) is 19.8 Å². The molecule has 1 unspecified atom stereocenters. The van der Waals surface area contributed by atoms with Crippen LogP contribution >= 0.6 is 0 Å². The van der Waals surface area contributed by atoms with Gasteiger partial charge in [0.25, 0.3) is 16.1 Å². The largest absolute Gasteiger partial charge is 0.331 e. The maximum absolute atomic E-state index is 13.3. The molecule has 13 heteroatoms. The standard InChI is InChI=1S/C19H26FN5O6S/c1-22(2)19(28)23-9-10-25(16(11-23)18(27)21-29)32(30,31)24-8-7-15(17(26)12-24)13-3-5-14(20)6-4-13/h3-6,15-16,29H,7-12H2,1-2H3,(H,21,27)/t15?,16-/m1/s1. The minimum Gasteiger partial charge on any atom is -0.331 e. The number of nitrogens with one attached hydrogen (secondary N) is 1. The van der Waals surface area contributed by atoms with Crippen molar-refractivity contribution in [1.82, 2.24) is 23.9 Å². The molecular weight excluding hydrogens is 445 g/mol. The average Bonchev–Trinajstić information content (AvgIpc) is 2.78. The fourth-order valence-electron chi connectivity index (χ4n) is 3.98. The van der Waals surface area contributed by atoms with Gasteiger partial charge in [0, 0.05) is 46.2 Å². The highest BCUT2D eigenvalue weighted by Gasteiger charge is 2.45. The Morgan fingerprint density at radius 3 is 2.38 bits per heavy atom. The minimum absolute atomic E-state index is 0.0282. The van der Waals surface area contributed by atoms with E-state index in [2.05, 4.69) is 0 Å². The van der Waals surface area contributed by atoms with Gasteiger partial charge in [-0.2, -0.15) is 17.0 Å². The highest BCUT2D eigenvalue weighted by atomic mass is 32.2. The van der Waals surface area contributed by atoms with Gasteiger partial charge in [0.1, 0.15) is 11.9 Å². The van der Waals surface area contributed by atoms with Gasteiger partial charge in [0.15, 0.2) is 5.78 Å². The second-order valence-electron chi connectivity index (χ2n) is 7.93. The van der Waals surface area contributed by atoms with E-state index in [0.29, 0.717) is 5.56 Å². The van der Waals surface area contributed by atoms with Crippen molar-refractivity contribution in [2.75, 3.05) is 46.8 Å². The number of carbonyl (C=O) groups excluding carboxylic acids is 3. The molecule has 3 rings (SSSR count). The summed E-state index contributed by atoms with van der Waals surface area (Å²) in [6, 6.07) is 3.76. The lowest BCUT2D eigenvalue weighted by Crippen LogP contribution is -2.64. The van der Waals surface area contributed by atoms with E-state index in [0.717, 1.165) is 8.61 Å². The first kappa shape index (κ1) is 24.0. The number of hydroxylamine groups is 1. The van der Waals surface area contributed by atoms with Crippen molar-refractivity contribution in [3.05, 3.63) is 35.6 Å². The Balaban J connectivity index is 1.77. The molecule has 2 fully saturated rings. The molecule has 0 bridgehead atoms. The highest BCUT2D eigenvalue weighted by molar-refractivity contribution is 7.86. The highest BCUT2D eigenvalue weighted by Crippen LogP contribution is 2.29. The molecule has 1 aromatic carbocycles. The Bertz CT molecular complexity index is 986. The first-order valence-corrected chi connectivity index (χ1v) is 11.4. The molecule has 2 atom stereocenters. The van der Waals surface area contributed by atoms with Gasteiger partial charge >= 0.3 is 6.03 Å². The lowest BCUT2D eigenvalue weighted by atomic mass is 9.89. The van der Waals surface area contributed by atoms with Crippen LogP contribution in [-0.4, -0.2) is 103 Å². The zero-order valence-corrected chi connectivity index (χ0v) is 18.6. The summed E-state index contributed by atoms with van der Waals surface area (Å²) in [6.07, 6.45) is 0.208. The van der Waals surface area contributed by atoms with Gasteiger partial charge in [0.2, 0.25) is 0 Å². The number of hydrogen-bond acceptors (Lipinski definition) is 6. The van der Waals surface area contributed by atoms with Crippen molar-refractivity contribution in [2.45, 2.75) is 18.4 Å². The number of amides is 3. The van der Waals surface area contributed by atoms with Crippen molar-refractivity contribution in [3.63, 3.8) is 0 Å². The number of halogens is 1. The van der Waals surface area contributed by atoms with E-state index in [1.807, 2.05) is 0 Å². The van der Waals surface area contributed by atoms with Crippen LogP contribution < -0.4 is 5.48 Å². The fraction of sp³-hybridized carbons (Fsp3) is 0.526. The smallest absolute Gasteiger partial charge is 0.319 e. The van der Waals surface area contributed by atoms with Crippen LogP contribution in [0, 0.1) is 5.82 Å². The van der Waals surface area contributed by atoms with Crippen molar-refractivity contribution < 1.29 is 32.4 Å². The summed E-state index contributed by atoms with van der Waals surface area (Å²) < 4.78 is 41.7. The molecule has 2 heterocycles. The molecule has 2 N–H and O–H groups in total. The van der Waals surface area contributed by atoms with Crippen LogP contribution in [0.2, 0.25) is 0 Å². The molecule has 0 radical (unpaired) electrons. The third kappa shape index (κ3) is 4.75. The van der Waals surface area contributed by atoms with Crippen molar-refractivity contribution in [1.29, 1.82) is 0 Å². The van der Waals surface area contributed by atoms with Crippen LogP contribution in [0.1, 0.15) is 17.9 Å². The number of hydrogen-bond donors (Lipinski definition) is 2. The molecule has 0 spiro atoms. The minimum atomic E-state index is -4.24. The molecule has 0 aromatic heterocycles. The fourth-order valence-corrected chi connectivity index (χ4v) is 5.70. The SMILES string of the molecule is CN(C)C(=O)N1CCN(S(=O)(=O)N2CCC(c3ccc(F)cc3)C(=O)C2)[C@@H](C(=O)NO)C1. The second-order valence-corrected chi connectivity index (χ2v) is 9.81. The maximum Gasteiger partial charge on any atom is 0.319 e. The van der Waals surface area contributed by atoms with Crippen molar-refractivity contribution >= 4 is 27.9 Å². The molecule has 2 saturated heterocycles. The molecule has 2 aliphatic heterocycles. The van der Waals surface area contributed by atoms with Gasteiger partial charge in [0.05, 0.1) is 6.54 Å². The molecule has 1 aromatic rings. The number of carbonyl (C=O) groups is 3. The van der Waals surface area contributed by atoms with Gasteiger partial charge < -0.3 is 9.80 Å². The summed E-state index contributed by atoms with van der Waals surface area (Å²) >= 11 is 0. The van der Waals surface area contributed by atoms with Gasteiger partial charge in [-0.25, -0.2) is 14.7 Å². The Morgan fingerprint density at radius 1 is 1.16 bits per heavy atom. The van der Waals surface area contributed by atoms with Crippen LogP contribution in [0.15, 0.2) is 24.3 Å². The number of nitrogens with zero attached hydrogens (tertiary/aromatic N) is 4. The van der Waals surface area contributed by atoms with E-state index in [9.17, 15) is 27.2 Å². The van der Waals surface area contributed by atoms with E-state index >= 15 is 0 Å². The van der Waals surface area contributed by atoms with Crippen LogP contribution in [0.4, 0.5) is 9.18 Å². The molecule has 0 aliphatic carbocycles. The normalized spacial score (nSPS) is 23.1. The lowest BCUT2D eigenvalue weighted by molar-refractivity contribution is -0.134. The topological polar surface area (TPSA) is 131 Å². The van der Waals surface area contributed by atoms with Gasteiger partial charge in [-0.3, -0.25) is 14.8 Å².